The van der Waals surface area contributed by atoms with Crippen LogP contribution in [-0.4, -0.2) is 41.2 Å². The first kappa shape index (κ1) is 14.0. The molecule has 0 spiro atoms. The second-order valence-electron chi connectivity index (χ2n) is 4.42. The lowest BCUT2D eigenvalue weighted by molar-refractivity contribution is -0.136. The maximum Gasteiger partial charge on any atom is 0.309 e. The zero-order valence-corrected chi connectivity index (χ0v) is 11.2. The minimum atomic E-state index is -0.917. The normalized spacial score (nSPS) is 18.4. The maximum absolute atomic E-state index is 11.7. The molecule has 19 heavy (non-hydrogen) atoms. The SMILES string of the molecule is O=C(O)Cc1csc(CC(=O)NC[C@@H]2CCCO2)n1. The quantitative estimate of drug-likeness (QED) is 0.799. The molecule has 7 heteroatoms. The van der Waals surface area contributed by atoms with Crippen LogP contribution < -0.4 is 5.32 Å². The molecule has 1 atom stereocenters. The van der Waals surface area contributed by atoms with Crippen LogP contribution in [0.15, 0.2) is 5.38 Å². The van der Waals surface area contributed by atoms with Crippen LogP contribution in [0.4, 0.5) is 0 Å². The first-order chi connectivity index (χ1) is 9.13. The van der Waals surface area contributed by atoms with Crippen molar-refractivity contribution in [1.29, 1.82) is 0 Å². The van der Waals surface area contributed by atoms with Crippen molar-refractivity contribution in [2.45, 2.75) is 31.8 Å². The second-order valence-corrected chi connectivity index (χ2v) is 5.36. The number of amides is 1. The maximum atomic E-state index is 11.7. The summed E-state index contributed by atoms with van der Waals surface area (Å²) in [5.74, 6) is -1.02. The molecule has 0 aromatic carbocycles. The molecule has 0 bridgehead atoms. The first-order valence-electron chi connectivity index (χ1n) is 6.17. The molecular formula is C12H16N2O4S. The molecular weight excluding hydrogens is 268 g/mol. The fourth-order valence-corrected chi connectivity index (χ4v) is 2.69. The molecule has 2 rings (SSSR count). The number of hydrogen-bond acceptors (Lipinski definition) is 5. The molecule has 0 saturated carbocycles. The third-order valence-electron chi connectivity index (χ3n) is 2.79. The lowest BCUT2D eigenvalue weighted by Gasteiger charge is -2.09. The topological polar surface area (TPSA) is 88.5 Å². The lowest BCUT2D eigenvalue weighted by Crippen LogP contribution is -2.32. The number of nitrogens with zero attached hydrogens (tertiary/aromatic N) is 1. The van der Waals surface area contributed by atoms with Crippen LogP contribution in [-0.2, 0) is 27.2 Å². The van der Waals surface area contributed by atoms with Gasteiger partial charge in [-0.3, -0.25) is 9.59 Å². The van der Waals surface area contributed by atoms with Crippen molar-refractivity contribution < 1.29 is 19.4 Å². The number of hydrogen-bond donors (Lipinski definition) is 2. The smallest absolute Gasteiger partial charge is 0.309 e. The Labute approximate surface area is 114 Å². The Kier molecular flexibility index (Phi) is 4.86. The minimum Gasteiger partial charge on any atom is -0.481 e. The summed E-state index contributed by atoms with van der Waals surface area (Å²) in [5.41, 5.74) is 0.499. The highest BCUT2D eigenvalue weighted by atomic mass is 32.1. The highest BCUT2D eigenvalue weighted by molar-refractivity contribution is 7.09. The summed E-state index contributed by atoms with van der Waals surface area (Å²) in [7, 11) is 0. The van der Waals surface area contributed by atoms with E-state index in [-0.39, 0.29) is 24.9 Å². The predicted molar refractivity (Wildman–Crippen MR) is 69.1 cm³/mol. The molecule has 0 aliphatic carbocycles. The molecule has 2 heterocycles. The summed E-state index contributed by atoms with van der Waals surface area (Å²) >= 11 is 1.31. The first-order valence-corrected chi connectivity index (χ1v) is 7.05. The molecule has 1 amide bonds. The third kappa shape index (κ3) is 4.60. The number of aromatic nitrogens is 1. The number of ether oxygens (including phenoxy) is 1. The van der Waals surface area contributed by atoms with E-state index in [4.69, 9.17) is 9.84 Å². The van der Waals surface area contributed by atoms with Crippen molar-refractivity contribution in [1.82, 2.24) is 10.3 Å². The predicted octanol–water partition coefficient (Wildman–Crippen LogP) is 0.608. The van der Waals surface area contributed by atoms with Gasteiger partial charge in [-0.05, 0) is 12.8 Å². The molecule has 1 aromatic heterocycles. The molecule has 0 radical (unpaired) electrons. The Morgan fingerprint density at radius 2 is 2.37 bits per heavy atom. The second kappa shape index (κ2) is 6.63. The molecule has 0 unspecified atom stereocenters. The van der Waals surface area contributed by atoms with E-state index >= 15 is 0 Å². The van der Waals surface area contributed by atoms with Crippen LogP contribution in [0.1, 0.15) is 23.5 Å². The third-order valence-corrected chi connectivity index (χ3v) is 3.69. The zero-order valence-electron chi connectivity index (χ0n) is 10.4. The van der Waals surface area contributed by atoms with Crippen LogP contribution in [0, 0.1) is 0 Å². The largest absolute Gasteiger partial charge is 0.481 e. The van der Waals surface area contributed by atoms with Gasteiger partial charge in [0.15, 0.2) is 0 Å². The molecule has 1 aromatic rings. The summed E-state index contributed by atoms with van der Waals surface area (Å²) in [6.07, 6.45) is 2.25. The molecule has 2 N–H and O–H groups in total. The summed E-state index contributed by atoms with van der Waals surface area (Å²) in [6, 6.07) is 0. The minimum absolute atomic E-state index is 0.103. The van der Waals surface area contributed by atoms with Crippen molar-refractivity contribution in [2.24, 2.45) is 0 Å². The lowest BCUT2D eigenvalue weighted by atomic mass is 10.2. The summed E-state index contributed by atoms with van der Waals surface area (Å²) < 4.78 is 5.41. The molecule has 1 saturated heterocycles. The standard InChI is InChI=1S/C12H16N2O4S/c15-10(13-6-9-2-1-3-18-9)5-11-14-8(7-19-11)4-12(16)17/h7,9H,1-6H2,(H,13,15)(H,16,17)/t9-/m0/s1. The van der Waals surface area contributed by atoms with Crippen LogP contribution in [0.2, 0.25) is 0 Å². The van der Waals surface area contributed by atoms with Crippen molar-refractivity contribution in [2.75, 3.05) is 13.2 Å². The van der Waals surface area contributed by atoms with Crippen molar-refractivity contribution in [3.05, 3.63) is 16.1 Å². The van der Waals surface area contributed by atoms with Crippen molar-refractivity contribution in [3.63, 3.8) is 0 Å². The highest BCUT2D eigenvalue weighted by Gasteiger charge is 2.16. The summed E-state index contributed by atoms with van der Waals surface area (Å²) in [6.45, 7) is 1.30. The molecule has 6 nitrogen and oxygen atoms in total. The molecule has 1 fully saturated rings. The van der Waals surface area contributed by atoms with Crippen LogP contribution in [0.25, 0.3) is 0 Å². The van der Waals surface area contributed by atoms with E-state index in [0.717, 1.165) is 19.4 Å². The van der Waals surface area contributed by atoms with E-state index in [1.807, 2.05) is 0 Å². The molecule has 1 aliphatic heterocycles. The fraction of sp³-hybridized carbons (Fsp3) is 0.583. The van der Waals surface area contributed by atoms with Gasteiger partial charge < -0.3 is 15.2 Å². The van der Waals surface area contributed by atoms with Gasteiger partial charge in [-0.1, -0.05) is 0 Å². The number of thiazole rings is 1. The Balaban J connectivity index is 1.74. The van der Waals surface area contributed by atoms with E-state index in [9.17, 15) is 9.59 Å². The van der Waals surface area contributed by atoms with Gasteiger partial charge in [-0.15, -0.1) is 11.3 Å². The number of aliphatic carboxylic acids is 1. The summed E-state index contributed by atoms with van der Waals surface area (Å²) in [5, 5.41) is 13.8. The number of nitrogens with one attached hydrogen (secondary N) is 1. The van der Waals surface area contributed by atoms with Gasteiger partial charge in [0, 0.05) is 18.5 Å². The van der Waals surface area contributed by atoms with Gasteiger partial charge in [0.1, 0.15) is 5.01 Å². The zero-order chi connectivity index (χ0) is 13.7. The average molecular weight is 284 g/mol. The van der Waals surface area contributed by atoms with E-state index in [1.165, 1.54) is 11.3 Å². The molecule has 1 aliphatic rings. The number of carboxylic acids is 1. The van der Waals surface area contributed by atoms with E-state index in [1.54, 1.807) is 5.38 Å². The van der Waals surface area contributed by atoms with E-state index < -0.39 is 5.97 Å². The fourth-order valence-electron chi connectivity index (χ4n) is 1.90. The number of carbonyl (C=O) groups is 2. The van der Waals surface area contributed by atoms with Crippen molar-refractivity contribution >= 4 is 23.2 Å². The molecule has 104 valence electrons. The number of rotatable bonds is 6. The van der Waals surface area contributed by atoms with Gasteiger partial charge in [-0.25, -0.2) is 4.98 Å². The Morgan fingerprint density at radius 3 is 3.05 bits per heavy atom. The Hall–Kier alpha value is -1.47. The Bertz CT molecular complexity index is 454. The van der Waals surface area contributed by atoms with E-state index in [2.05, 4.69) is 10.3 Å². The van der Waals surface area contributed by atoms with Gasteiger partial charge >= 0.3 is 5.97 Å². The highest BCUT2D eigenvalue weighted by Crippen LogP contribution is 2.12. The van der Waals surface area contributed by atoms with E-state index in [0.29, 0.717) is 17.2 Å². The van der Waals surface area contributed by atoms with Crippen LogP contribution in [0.3, 0.4) is 0 Å². The van der Waals surface area contributed by atoms with Gasteiger partial charge in [0.25, 0.3) is 0 Å². The van der Waals surface area contributed by atoms with Crippen LogP contribution in [0.5, 0.6) is 0 Å². The monoisotopic (exact) mass is 284 g/mol. The van der Waals surface area contributed by atoms with Crippen molar-refractivity contribution in [3.8, 4) is 0 Å². The Morgan fingerprint density at radius 1 is 1.53 bits per heavy atom. The van der Waals surface area contributed by atoms with Gasteiger partial charge in [0.05, 0.1) is 24.6 Å². The van der Waals surface area contributed by atoms with Gasteiger partial charge in [0.2, 0.25) is 5.91 Å². The van der Waals surface area contributed by atoms with Gasteiger partial charge in [-0.2, -0.15) is 0 Å². The number of carboxylic acid groups (broad SMARTS) is 1. The number of carbonyl (C=O) groups excluding carboxylic acids is 1. The average Bonchev–Trinajstić information content (AvgIpc) is 2.97. The summed E-state index contributed by atoms with van der Waals surface area (Å²) in [4.78, 5) is 26.3. The van der Waals surface area contributed by atoms with Crippen LogP contribution >= 0.6 is 11.3 Å².